The number of likely N-dealkylation sites (tertiary alicyclic amines) is 1. The first kappa shape index (κ1) is 19.4. The lowest BCUT2D eigenvalue weighted by Gasteiger charge is -2.15. The summed E-state index contributed by atoms with van der Waals surface area (Å²) in [5.41, 5.74) is 4.22. The molecular formula is C24H24N6O. The second-order valence-electron chi connectivity index (χ2n) is 8.05. The van der Waals surface area contributed by atoms with E-state index < -0.39 is 0 Å². The Morgan fingerprint density at radius 3 is 2.77 bits per heavy atom. The van der Waals surface area contributed by atoms with Gasteiger partial charge in [-0.05, 0) is 49.7 Å². The smallest absolute Gasteiger partial charge is 0.257 e. The molecule has 0 radical (unpaired) electrons. The SMILES string of the molecule is Cc1ccc(NC(=O)c2ccc3nnc(C4CCN(Cc5ccccc5)C4)n3c2)cn1. The Balaban J connectivity index is 1.33. The quantitative estimate of drug-likeness (QED) is 0.541. The maximum absolute atomic E-state index is 12.8. The molecule has 1 atom stereocenters. The molecule has 1 aliphatic rings. The lowest BCUT2D eigenvalue weighted by atomic mass is 10.1. The predicted octanol–water partition coefficient (Wildman–Crippen LogP) is 3.67. The van der Waals surface area contributed by atoms with Crippen molar-refractivity contribution >= 4 is 17.2 Å². The molecule has 0 aliphatic carbocycles. The summed E-state index contributed by atoms with van der Waals surface area (Å²) in [5.74, 6) is 1.03. The molecule has 4 aromatic rings. The molecule has 1 unspecified atom stereocenters. The molecule has 0 saturated carbocycles. The number of fused-ring (bicyclic) bond motifs is 1. The molecule has 1 amide bonds. The number of benzene rings is 1. The Kier molecular flexibility index (Phi) is 5.18. The van der Waals surface area contributed by atoms with Crippen molar-refractivity contribution in [2.45, 2.75) is 25.8 Å². The number of pyridine rings is 2. The molecule has 5 rings (SSSR count). The number of amides is 1. The first-order chi connectivity index (χ1) is 15.2. The fourth-order valence-electron chi connectivity index (χ4n) is 4.09. The van der Waals surface area contributed by atoms with E-state index in [2.05, 4.69) is 49.7 Å². The van der Waals surface area contributed by atoms with E-state index in [-0.39, 0.29) is 5.91 Å². The molecule has 4 heterocycles. The van der Waals surface area contributed by atoms with Gasteiger partial charge in [0.2, 0.25) is 0 Å². The number of hydrogen-bond acceptors (Lipinski definition) is 5. The average Bonchev–Trinajstić information content (AvgIpc) is 3.42. The Morgan fingerprint density at radius 2 is 1.97 bits per heavy atom. The Labute approximate surface area is 180 Å². The number of hydrogen-bond donors (Lipinski definition) is 1. The van der Waals surface area contributed by atoms with Crippen LogP contribution in [0.4, 0.5) is 5.69 Å². The van der Waals surface area contributed by atoms with Gasteiger partial charge in [0.1, 0.15) is 5.82 Å². The number of carbonyl (C=O) groups is 1. The summed E-state index contributed by atoms with van der Waals surface area (Å²) in [6.45, 7) is 4.81. The van der Waals surface area contributed by atoms with Crippen LogP contribution in [-0.2, 0) is 6.54 Å². The van der Waals surface area contributed by atoms with Gasteiger partial charge in [-0.1, -0.05) is 30.3 Å². The Bertz CT molecular complexity index is 1200. The van der Waals surface area contributed by atoms with Crippen LogP contribution in [0.3, 0.4) is 0 Å². The Morgan fingerprint density at radius 1 is 1.10 bits per heavy atom. The molecule has 156 valence electrons. The van der Waals surface area contributed by atoms with Crippen molar-refractivity contribution in [2.75, 3.05) is 18.4 Å². The highest BCUT2D eigenvalue weighted by Crippen LogP contribution is 2.27. The van der Waals surface area contributed by atoms with Crippen LogP contribution in [0.15, 0.2) is 67.0 Å². The summed E-state index contributed by atoms with van der Waals surface area (Å²) in [7, 11) is 0. The van der Waals surface area contributed by atoms with Crippen LogP contribution < -0.4 is 5.32 Å². The molecule has 0 spiro atoms. The number of aromatic nitrogens is 4. The summed E-state index contributed by atoms with van der Waals surface area (Å²) >= 11 is 0. The number of nitrogens with one attached hydrogen (secondary N) is 1. The van der Waals surface area contributed by atoms with E-state index in [0.29, 0.717) is 17.2 Å². The highest BCUT2D eigenvalue weighted by atomic mass is 16.1. The maximum atomic E-state index is 12.8. The van der Waals surface area contributed by atoms with E-state index in [0.717, 1.165) is 43.2 Å². The molecular weight excluding hydrogens is 388 g/mol. The van der Waals surface area contributed by atoms with Crippen molar-refractivity contribution in [1.29, 1.82) is 0 Å². The summed E-state index contributed by atoms with van der Waals surface area (Å²) in [5, 5.41) is 11.7. The van der Waals surface area contributed by atoms with E-state index in [1.54, 1.807) is 12.3 Å². The maximum Gasteiger partial charge on any atom is 0.257 e. The molecule has 7 heteroatoms. The molecule has 0 bridgehead atoms. The first-order valence-electron chi connectivity index (χ1n) is 10.5. The van der Waals surface area contributed by atoms with Crippen LogP contribution in [0.1, 0.15) is 39.8 Å². The van der Waals surface area contributed by atoms with Gasteiger partial charge >= 0.3 is 0 Å². The van der Waals surface area contributed by atoms with Gasteiger partial charge < -0.3 is 5.32 Å². The van der Waals surface area contributed by atoms with Crippen LogP contribution in [0, 0.1) is 6.92 Å². The van der Waals surface area contributed by atoms with Crippen LogP contribution in [0.25, 0.3) is 5.65 Å². The summed E-state index contributed by atoms with van der Waals surface area (Å²) in [6, 6.07) is 17.9. The molecule has 1 N–H and O–H groups in total. The highest BCUT2D eigenvalue weighted by molar-refractivity contribution is 6.04. The van der Waals surface area contributed by atoms with Crippen LogP contribution >= 0.6 is 0 Å². The van der Waals surface area contributed by atoms with Crippen molar-refractivity contribution < 1.29 is 4.79 Å². The normalized spacial score (nSPS) is 16.6. The van der Waals surface area contributed by atoms with Crippen molar-refractivity contribution in [1.82, 2.24) is 24.5 Å². The summed E-state index contributed by atoms with van der Waals surface area (Å²) < 4.78 is 1.96. The topological polar surface area (TPSA) is 75.4 Å². The third kappa shape index (κ3) is 4.18. The number of aryl methyl sites for hydroxylation is 1. The zero-order chi connectivity index (χ0) is 21.2. The molecule has 1 saturated heterocycles. The molecule has 1 aromatic carbocycles. The van der Waals surface area contributed by atoms with E-state index >= 15 is 0 Å². The third-order valence-electron chi connectivity index (χ3n) is 5.75. The zero-order valence-electron chi connectivity index (χ0n) is 17.4. The molecule has 1 fully saturated rings. The fourth-order valence-corrected chi connectivity index (χ4v) is 4.09. The lowest BCUT2D eigenvalue weighted by Crippen LogP contribution is -2.20. The Hall–Kier alpha value is -3.58. The van der Waals surface area contributed by atoms with Gasteiger partial charge in [-0.15, -0.1) is 10.2 Å². The molecule has 3 aromatic heterocycles. The first-order valence-corrected chi connectivity index (χ1v) is 10.5. The fraction of sp³-hybridized carbons (Fsp3) is 0.250. The number of nitrogens with zero attached hydrogens (tertiary/aromatic N) is 5. The minimum Gasteiger partial charge on any atom is -0.321 e. The average molecular weight is 412 g/mol. The van der Waals surface area contributed by atoms with Gasteiger partial charge in [0.05, 0.1) is 17.4 Å². The standard InChI is InChI=1S/C24H24N6O/c1-17-7-9-21(13-25-17)26-24(31)20-8-10-22-27-28-23(30(22)16-20)19-11-12-29(15-19)14-18-5-3-2-4-6-18/h2-10,13,16,19H,11-12,14-15H2,1H3,(H,26,31). The molecule has 31 heavy (non-hydrogen) atoms. The van der Waals surface area contributed by atoms with Crippen molar-refractivity contribution in [3.63, 3.8) is 0 Å². The van der Waals surface area contributed by atoms with Gasteiger partial charge in [-0.2, -0.15) is 0 Å². The van der Waals surface area contributed by atoms with E-state index in [4.69, 9.17) is 0 Å². The van der Waals surface area contributed by atoms with E-state index in [1.807, 2.05) is 41.8 Å². The summed E-state index contributed by atoms with van der Waals surface area (Å²) in [4.78, 5) is 19.4. The van der Waals surface area contributed by atoms with Gasteiger partial charge in [-0.3, -0.25) is 19.1 Å². The lowest BCUT2D eigenvalue weighted by molar-refractivity contribution is 0.102. The number of rotatable bonds is 5. The van der Waals surface area contributed by atoms with Gasteiger partial charge in [0.25, 0.3) is 5.91 Å². The predicted molar refractivity (Wildman–Crippen MR) is 119 cm³/mol. The van der Waals surface area contributed by atoms with Crippen molar-refractivity contribution in [2.24, 2.45) is 0 Å². The van der Waals surface area contributed by atoms with E-state index in [1.165, 1.54) is 5.56 Å². The monoisotopic (exact) mass is 412 g/mol. The van der Waals surface area contributed by atoms with E-state index in [9.17, 15) is 4.79 Å². The van der Waals surface area contributed by atoms with Crippen molar-refractivity contribution in [3.05, 3.63) is 89.6 Å². The second kappa shape index (κ2) is 8.28. The van der Waals surface area contributed by atoms with Crippen LogP contribution in [-0.4, -0.2) is 43.5 Å². The number of anilines is 1. The third-order valence-corrected chi connectivity index (χ3v) is 5.75. The summed E-state index contributed by atoms with van der Waals surface area (Å²) in [6.07, 6.45) is 4.52. The highest BCUT2D eigenvalue weighted by Gasteiger charge is 2.27. The minimum absolute atomic E-state index is 0.177. The second-order valence-corrected chi connectivity index (χ2v) is 8.05. The molecule has 1 aliphatic heterocycles. The van der Waals surface area contributed by atoms with Crippen LogP contribution in [0.2, 0.25) is 0 Å². The molecule has 7 nitrogen and oxygen atoms in total. The number of carbonyl (C=O) groups excluding carboxylic acids is 1. The van der Waals surface area contributed by atoms with Gasteiger partial charge in [-0.25, -0.2) is 0 Å². The van der Waals surface area contributed by atoms with Gasteiger partial charge in [0, 0.05) is 30.9 Å². The van der Waals surface area contributed by atoms with Crippen molar-refractivity contribution in [3.8, 4) is 0 Å². The minimum atomic E-state index is -0.177. The largest absolute Gasteiger partial charge is 0.321 e. The van der Waals surface area contributed by atoms with Gasteiger partial charge in [0.15, 0.2) is 5.65 Å². The zero-order valence-corrected chi connectivity index (χ0v) is 17.4. The van der Waals surface area contributed by atoms with Crippen LogP contribution in [0.5, 0.6) is 0 Å².